The van der Waals surface area contributed by atoms with E-state index in [4.69, 9.17) is 4.74 Å². The molecule has 1 aromatic carbocycles. The molecule has 1 aromatic heterocycles. The number of aryl methyl sites for hydroxylation is 2. The van der Waals surface area contributed by atoms with E-state index in [1.807, 2.05) is 44.2 Å². The molecule has 25 heavy (non-hydrogen) atoms. The van der Waals surface area contributed by atoms with Gasteiger partial charge in [0.1, 0.15) is 12.4 Å². The number of amides is 2. The second kappa shape index (κ2) is 7.70. The Morgan fingerprint density at radius 2 is 1.96 bits per heavy atom. The molecule has 1 fully saturated rings. The molecule has 2 aromatic rings. The minimum atomic E-state index is -0.136. The lowest BCUT2D eigenvalue weighted by Gasteiger charge is -2.09. The molecule has 0 bridgehead atoms. The van der Waals surface area contributed by atoms with E-state index in [0.29, 0.717) is 18.0 Å². The van der Waals surface area contributed by atoms with E-state index in [1.165, 1.54) is 11.3 Å². The van der Waals surface area contributed by atoms with Crippen molar-refractivity contribution in [3.63, 3.8) is 0 Å². The van der Waals surface area contributed by atoms with Crippen LogP contribution in [0.15, 0.2) is 30.3 Å². The summed E-state index contributed by atoms with van der Waals surface area (Å²) in [6, 6.07) is 9.63. The molecule has 6 heteroatoms. The molecule has 0 unspecified atom stereocenters. The fourth-order valence-electron chi connectivity index (χ4n) is 2.46. The first-order chi connectivity index (χ1) is 12.0. The van der Waals surface area contributed by atoms with Crippen LogP contribution in [-0.2, 0) is 4.79 Å². The zero-order chi connectivity index (χ0) is 17.8. The maximum absolute atomic E-state index is 12.3. The van der Waals surface area contributed by atoms with Crippen molar-refractivity contribution >= 4 is 28.2 Å². The summed E-state index contributed by atoms with van der Waals surface area (Å²) in [5.74, 6) is 0.898. The van der Waals surface area contributed by atoms with E-state index in [-0.39, 0.29) is 17.7 Å². The number of benzene rings is 1. The monoisotopic (exact) mass is 358 g/mol. The first kappa shape index (κ1) is 17.5. The Labute approximate surface area is 151 Å². The van der Waals surface area contributed by atoms with Gasteiger partial charge in [-0.15, -0.1) is 11.3 Å². The van der Waals surface area contributed by atoms with E-state index >= 15 is 0 Å². The van der Waals surface area contributed by atoms with Crippen molar-refractivity contribution in [2.24, 2.45) is 5.92 Å². The van der Waals surface area contributed by atoms with E-state index in [2.05, 4.69) is 10.6 Å². The van der Waals surface area contributed by atoms with Gasteiger partial charge < -0.3 is 15.4 Å². The summed E-state index contributed by atoms with van der Waals surface area (Å²) >= 11 is 1.31. The normalized spacial score (nSPS) is 13.4. The van der Waals surface area contributed by atoms with E-state index < -0.39 is 0 Å². The van der Waals surface area contributed by atoms with Crippen LogP contribution in [0.2, 0.25) is 0 Å². The summed E-state index contributed by atoms with van der Waals surface area (Å²) in [6.45, 7) is 4.70. The van der Waals surface area contributed by atoms with Gasteiger partial charge in [0, 0.05) is 5.92 Å². The van der Waals surface area contributed by atoms with E-state index in [1.54, 1.807) is 0 Å². The maximum atomic E-state index is 12.3. The Morgan fingerprint density at radius 1 is 1.20 bits per heavy atom. The third kappa shape index (κ3) is 4.60. The fraction of sp³-hybridized carbons (Fsp3) is 0.368. The second-order valence-electron chi connectivity index (χ2n) is 6.26. The molecule has 1 heterocycles. The first-order valence-corrected chi connectivity index (χ1v) is 9.24. The Hall–Kier alpha value is -2.34. The highest BCUT2D eigenvalue weighted by Gasteiger charge is 2.30. The summed E-state index contributed by atoms with van der Waals surface area (Å²) in [4.78, 5) is 24.8. The number of hydrogen-bond donors (Lipinski definition) is 2. The SMILES string of the molecule is Cc1ccccc1OCCNC(=O)c1sc(NC(=O)C2CC2)cc1C. The van der Waals surface area contributed by atoms with Crippen LogP contribution in [-0.4, -0.2) is 25.0 Å². The lowest BCUT2D eigenvalue weighted by atomic mass is 10.2. The summed E-state index contributed by atoms with van der Waals surface area (Å²) < 4.78 is 5.68. The van der Waals surface area contributed by atoms with Crippen molar-refractivity contribution < 1.29 is 14.3 Å². The smallest absolute Gasteiger partial charge is 0.261 e. The van der Waals surface area contributed by atoms with Gasteiger partial charge in [0.15, 0.2) is 0 Å². The summed E-state index contributed by atoms with van der Waals surface area (Å²) in [5.41, 5.74) is 1.94. The number of rotatable bonds is 7. The zero-order valence-corrected chi connectivity index (χ0v) is 15.2. The topological polar surface area (TPSA) is 67.4 Å². The van der Waals surface area contributed by atoms with Crippen LogP contribution in [0, 0.1) is 19.8 Å². The molecule has 5 nitrogen and oxygen atoms in total. The van der Waals surface area contributed by atoms with Crippen LogP contribution in [0.3, 0.4) is 0 Å². The molecule has 1 aliphatic carbocycles. The number of thiophene rings is 1. The minimum Gasteiger partial charge on any atom is -0.491 e. The van der Waals surface area contributed by atoms with Crippen LogP contribution >= 0.6 is 11.3 Å². The summed E-state index contributed by atoms with van der Waals surface area (Å²) in [6.07, 6.45) is 1.93. The number of para-hydroxylation sites is 1. The molecule has 0 atom stereocenters. The lowest BCUT2D eigenvalue weighted by Crippen LogP contribution is -2.27. The van der Waals surface area contributed by atoms with E-state index in [9.17, 15) is 9.59 Å². The van der Waals surface area contributed by atoms with Crippen molar-refractivity contribution in [2.75, 3.05) is 18.5 Å². The lowest BCUT2D eigenvalue weighted by molar-refractivity contribution is -0.117. The molecule has 132 valence electrons. The minimum absolute atomic E-state index is 0.0554. The largest absolute Gasteiger partial charge is 0.491 e. The Kier molecular flexibility index (Phi) is 5.38. The summed E-state index contributed by atoms with van der Waals surface area (Å²) in [7, 11) is 0. The van der Waals surface area contributed by atoms with Gasteiger partial charge >= 0.3 is 0 Å². The van der Waals surface area contributed by atoms with Crippen LogP contribution in [0.1, 0.15) is 33.6 Å². The van der Waals surface area contributed by atoms with Gasteiger partial charge in [-0.3, -0.25) is 9.59 Å². The summed E-state index contributed by atoms with van der Waals surface area (Å²) in [5, 5.41) is 6.49. The van der Waals surface area contributed by atoms with E-state index in [0.717, 1.165) is 34.7 Å². The molecule has 1 aliphatic rings. The second-order valence-corrected chi connectivity index (χ2v) is 7.31. The van der Waals surface area contributed by atoms with Gasteiger partial charge in [0.05, 0.1) is 16.4 Å². The van der Waals surface area contributed by atoms with Gasteiger partial charge in [-0.05, 0) is 49.9 Å². The first-order valence-electron chi connectivity index (χ1n) is 8.42. The average Bonchev–Trinajstić information content (AvgIpc) is 3.37. The number of hydrogen-bond acceptors (Lipinski definition) is 4. The van der Waals surface area contributed by atoms with Crippen molar-refractivity contribution in [2.45, 2.75) is 26.7 Å². The predicted molar refractivity (Wildman–Crippen MR) is 99.4 cm³/mol. The van der Waals surface area contributed by atoms with Crippen LogP contribution < -0.4 is 15.4 Å². The number of anilines is 1. The molecular formula is C19H22N2O3S. The molecule has 0 spiro atoms. The van der Waals surface area contributed by atoms with Gasteiger partial charge in [0.2, 0.25) is 5.91 Å². The highest BCUT2D eigenvalue weighted by molar-refractivity contribution is 7.18. The Bertz CT molecular complexity index is 781. The number of nitrogens with one attached hydrogen (secondary N) is 2. The highest BCUT2D eigenvalue weighted by atomic mass is 32.1. The molecule has 2 amide bonds. The molecule has 0 aliphatic heterocycles. The molecule has 0 saturated heterocycles. The number of ether oxygens (including phenoxy) is 1. The zero-order valence-electron chi connectivity index (χ0n) is 14.4. The molecule has 0 radical (unpaired) electrons. The number of carbonyl (C=O) groups is 2. The van der Waals surface area contributed by atoms with Crippen molar-refractivity contribution in [1.82, 2.24) is 5.32 Å². The molecule has 3 rings (SSSR count). The molecule has 1 saturated carbocycles. The van der Waals surface area contributed by atoms with Crippen LogP contribution in [0.5, 0.6) is 5.75 Å². The van der Waals surface area contributed by atoms with Gasteiger partial charge in [-0.2, -0.15) is 0 Å². The van der Waals surface area contributed by atoms with Crippen molar-refractivity contribution in [3.8, 4) is 5.75 Å². The number of carbonyl (C=O) groups excluding carboxylic acids is 2. The Morgan fingerprint density at radius 3 is 2.68 bits per heavy atom. The third-order valence-electron chi connectivity index (χ3n) is 4.06. The van der Waals surface area contributed by atoms with Crippen LogP contribution in [0.4, 0.5) is 5.00 Å². The van der Waals surface area contributed by atoms with Gasteiger partial charge in [0.25, 0.3) is 5.91 Å². The molecular weight excluding hydrogens is 336 g/mol. The highest BCUT2D eigenvalue weighted by Crippen LogP contribution is 2.32. The molecule has 2 N–H and O–H groups in total. The predicted octanol–water partition coefficient (Wildman–Crippen LogP) is 3.52. The Balaban J connectivity index is 1.48. The van der Waals surface area contributed by atoms with Crippen molar-refractivity contribution in [1.29, 1.82) is 0 Å². The maximum Gasteiger partial charge on any atom is 0.261 e. The average molecular weight is 358 g/mol. The standard InChI is InChI=1S/C19H22N2O3S/c1-12-5-3-4-6-15(12)24-10-9-20-19(23)17-13(2)11-16(25-17)21-18(22)14-7-8-14/h3-6,11,14H,7-10H2,1-2H3,(H,20,23)(H,21,22). The fourth-order valence-corrected chi connectivity index (χ4v) is 3.45. The van der Waals surface area contributed by atoms with Gasteiger partial charge in [-0.1, -0.05) is 18.2 Å². The van der Waals surface area contributed by atoms with Crippen LogP contribution in [0.25, 0.3) is 0 Å². The van der Waals surface area contributed by atoms with Crippen molar-refractivity contribution in [3.05, 3.63) is 46.3 Å². The third-order valence-corrected chi connectivity index (χ3v) is 5.21. The van der Waals surface area contributed by atoms with Gasteiger partial charge in [-0.25, -0.2) is 0 Å². The quantitative estimate of drug-likeness (QED) is 0.744.